The third-order valence-corrected chi connectivity index (χ3v) is 3.66. The second-order valence-electron chi connectivity index (χ2n) is 5.31. The second-order valence-corrected chi connectivity index (χ2v) is 5.31. The number of benzene rings is 2. The normalized spacial score (nSPS) is 13.0. The lowest BCUT2D eigenvalue weighted by Gasteiger charge is -2.21. The van der Waals surface area contributed by atoms with Crippen LogP contribution in [-0.4, -0.2) is 32.2 Å². The van der Waals surface area contributed by atoms with Crippen molar-refractivity contribution in [2.45, 2.75) is 13.0 Å². The van der Waals surface area contributed by atoms with E-state index < -0.39 is 0 Å². The van der Waals surface area contributed by atoms with Crippen LogP contribution in [0.3, 0.4) is 0 Å². The Morgan fingerprint density at radius 3 is 2.30 bits per heavy atom. The highest BCUT2D eigenvalue weighted by Crippen LogP contribution is 2.37. The van der Waals surface area contributed by atoms with Gasteiger partial charge in [0.1, 0.15) is 19.0 Å². The van der Waals surface area contributed by atoms with Crippen LogP contribution in [0.25, 0.3) is 0 Å². The highest BCUT2D eigenvalue weighted by molar-refractivity contribution is 5.52. The zero-order chi connectivity index (χ0) is 16.1. The lowest BCUT2D eigenvalue weighted by atomic mass is 10.0. The number of methoxy groups -OCH3 is 1. The standard InChI is InChI=1S/C18H20O5/c1-20-12-23-16-10-18-17(21-6-7-22-18)9-15(16)8-13-2-4-14(11-19)5-3-13/h2-5,9-10,19H,6-8,11-12H2,1H3. The molecule has 0 atom stereocenters. The fourth-order valence-electron chi connectivity index (χ4n) is 2.49. The first-order valence-corrected chi connectivity index (χ1v) is 7.53. The summed E-state index contributed by atoms with van der Waals surface area (Å²) in [5, 5.41) is 9.13. The number of ether oxygens (including phenoxy) is 4. The van der Waals surface area contributed by atoms with Crippen molar-refractivity contribution >= 4 is 0 Å². The Labute approximate surface area is 135 Å². The Bertz CT molecular complexity index is 651. The fourth-order valence-corrected chi connectivity index (χ4v) is 2.49. The van der Waals surface area contributed by atoms with Gasteiger partial charge >= 0.3 is 0 Å². The summed E-state index contributed by atoms with van der Waals surface area (Å²) >= 11 is 0. The Hall–Kier alpha value is -2.24. The van der Waals surface area contributed by atoms with Crippen molar-refractivity contribution in [2.75, 3.05) is 27.1 Å². The van der Waals surface area contributed by atoms with Gasteiger partial charge in [-0.15, -0.1) is 0 Å². The molecule has 0 saturated carbocycles. The van der Waals surface area contributed by atoms with E-state index in [-0.39, 0.29) is 13.4 Å². The van der Waals surface area contributed by atoms with Crippen molar-refractivity contribution in [3.63, 3.8) is 0 Å². The summed E-state index contributed by atoms with van der Waals surface area (Å²) < 4.78 is 21.9. The van der Waals surface area contributed by atoms with Gasteiger partial charge in [0.15, 0.2) is 18.3 Å². The van der Waals surface area contributed by atoms with E-state index in [1.54, 1.807) is 7.11 Å². The highest BCUT2D eigenvalue weighted by atomic mass is 16.7. The molecule has 5 heteroatoms. The van der Waals surface area contributed by atoms with Crippen molar-refractivity contribution in [1.29, 1.82) is 0 Å². The predicted molar refractivity (Wildman–Crippen MR) is 85.1 cm³/mol. The quantitative estimate of drug-likeness (QED) is 0.830. The third-order valence-electron chi connectivity index (χ3n) is 3.66. The lowest BCUT2D eigenvalue weighted by Crippen LogP contribution is -2.16. The first-order valence-electron chi connectivity index (χ1n) is 7.53. The first kappa shape index (κ1) is 15.6. The van der Waals surface area contributed by atoms with E-state index in [4.69, 9.17) is 24.1 Å². The van der Waals surface area contributed by atoms with Crippen LogP contribution in [0.4, 0.5) is 0 Å². The molecule has 1 aliphatic heterocycles. The van der Waals surface area contributed by atoms with E-state index in [9.17, 15) is 0 Å². The minimum Gasteiger partial charge on any atom is -0.486 e. The predicted octanol–water partition coefficient (Wildman–Crippen LogP) is 2.52. The second kappa shape index (κ2) is 7.35. The van der Waals surface area contributed by atoms with Gasteiger partial charge in [-0.1, -0.05) is 24.3 Å². The molecule has 122 valence electrons. The molecular formula is C18H20O5. The average molecular weight is 316 g/mol. The van der Waals surface area contributed by atoms with Crippen LogP contribution in [0.1, 0.15) is 16.7 Å². The molecule has 2 aromatic rings. The molecule has 1 aliphatic rings. The number of aliphatic hydroxyl groups is 1. The molecule has 0 bridgehead atoms. The molecule has 2 aromatic carbocycles. The summed E-state index contributed by atoms with van der Waals surface area (Å²) in [4.78, 5) is 0. The van der Waals surface area contributed by atoms with Crippen molar-refractivity contribution in [3.8, 4) is 17.2 Å². The fraction of sp³-hybridized carbons (Fsp3) is 0.333. The minimum absolute atomic E-state index is 0.0481. The molecule has 0 radical (unpaired) electrons. The van der Waals surface area contributed by atoms with Gasteiger partial charge < -0.3 is 24.1 Å². The molecular weight excluding hydrogens is 296 g/mol. The van der Waals surface area contributed by atoms with Crippen molar-refractivity contribution < 1.29 is 24.1 Å². The van der Waals surface area contributed by atoms with E-state index >= 15 is 0 Å². The summed E-state index contributed by atoms with van der Waals surface area (Å²) in [7, 11) is 1.59. The van der Waals surface area contributed by atoms with Crippen LogP contribution in [-0.2, 0) is 17.8 Å². The SMILES string of the molecule is COCOc1cc2c(cc1Cc1ccc(CO)cc1)OCCO2. The van der Waals surface area contributed by atoms with Gasteiger partial charge in [0.05, 0.1) is 6.61 Å². The first-order chi connectivity index (χ1) is 11.3. The van der Waals surface area contributed by atoms with E-state index in [1.165, 1.54) is 0 Å². The summed E-state index contributed by atoms with van der Waals surface area (Å²) in [6, 6.07) is 11.7. The van der Waals surface area contributed by atoms with Crippen LogP contribution in [0.2, 0.25) is 0 Å². The van der Waals surface area contributed by atoms with Gasteiger partial charge in [-0.2, -0.15) is 0 Å². The molecule has 0 aromatic heterocycles. The van der Waals surface area contributed by atoms with E-state index in [1.807, 2.05) is 36.4 Å². The molecule has 1 heterocycles. The van der Waals surface area contributed by atoms with E-state index in [2.05, 4.69) is 0 Å². The summed E-state index contributed by atoms with van der Waals surface area (Å²) in [6.07, 6.45) is 0.696. The molecule has 3 rings (SSSR count). The van der Waals surface area contributed by atoms with Crippen molar-refractivity contribution in [1.82, 2.24) is 0 Å². The van der Waals surface area contributed by atoms with Crippen LogP contribution in [0.15, 0.2) is 36.4 Å². The van der Waals surface area contributed by atoms with Crippen molar-refractivity contribution in [3.05, 3.63) is 53.1 Å². The van der Waals surface area contributed by atoms with Crippen LogP contribution < -0.4 is 14.2 Å². The molecule has 23 heavy (non-hydrogen) atoms. The molecule has 0 fully saturated rings. The van der Waals surface area contributed by atoms with E-state index in [0.29, 0.717) is 25.4 Å². The van der Waals surface area contributed by atoms with Gasteiger partial charge in [0.25, 0.3) is 0 Å². The zero-order valence-corrected chi connectivity index (χ0v) is 13.1. The van der Waals surface area contributed by atoms with Crippen molar-refractivity contribution in [2.24, 2.45) is 0 Å². The maximum absolute atomic E-state index is 9.13. The summed E-state index contributed by atoms with van der Waals surface area (Å²) in [5.74, 6) is 2.16. The maximum Gasteiger partial charge on any atom is 0.188 e. The molecule has 0 saturated heterocycles. The average Bonchev–Trinajstić information content (AvgIpc) is 2.60. The van der Waals surface area contributed by atoms with Gasteiger partial charge in [-0.05, 0) is 17.2 Å². The van der Waals surface area contributed by atoms with Crippen LogP contribution in [0, 0.1) is 0 Å². The zero-order valence-electron chi connectivity index (χ0n) is 13.1. The number of aliphatic hydroxyl groups excluding tert-OH is 1. The molecule has 0 spiro atoms. The van der Waals surface area contributed by atoms with Gasteiger partial charge in [0.2, 0.25) is 0 Å². The Morgan fingerprint density at radius 2 is 1.65 bits per heavy atom. The lowest BCUT2D eigenvalue weighted by molar-refractivity contribution is 0.0500. The summed E-state index contributed by atoms with van der Waals surface area (Å²) in [5.41, 5.74) is 3.02. The van der Waals surface area contributed by atoms with Gasteiger partial charge in [-0.25, -0.2) is 0 Å². The van der Waals surface area contributed by atoms with Gasteiger partial charge in [0, 0.05) is 25.2 Å². The Morgan fingerprint density at radius 1 is 1.00 bits per heavy atom. The Kier molecular flexibility index (Phi) is 5.00. The summed E-state index contributed by atoms with van der Waals surface area (Å²) in [6.45, 7) is 1.32. The van der Waals surface area contributed by atoms with Crippen LogP contribution in [0.5, 0.6) is 17.2 Å². The third kappa shape index (κ3) is 3.75. The maximum atomic E-state index is 9.13. The molecule has 0 aliphatic carbocycles. The molecule has 0 amide bonds. The molecule has 1 N–H and O–H groups in total. The van der Waals surface area contributed by atoms with Crippen LogP contribution >= 0.6 is 0 Å². The highest BCUT2D eigenvalue weighted by Gasteiger charge is 2.17. The largest absolute Gasteiger partial charge is 0.486 e. The Balaban J connectivity index is 1.88. The number of fused-ring (bicyclic) bond motifs is 1. The number of rotatable bonds is 6. The monoisotopic (exact) mass is 316 g/mol. The number of hydrogen-bond donors (Lipinski definition) is 1. The molecule has 5 nitrogen and oxygen atoms in total. The minimum atomic E-state index is 0.0481. The van der Waals surface area contributed by atoms with E-state index in [0.717, 1.165) is 28.2 Å². The number of hydrogen-bond acceptors (Lipinski definition) is 5. The molecule has 0 unspecified atom stereocenters. The smallest absolute Gasteiger partial charge is 0.188 e. The topological polar surface area (TPSA) is 57.2 Å². The van der Waals surface area contributed by atoms with Gasteiger partial charge in [-0.3, -0.25) is 0 Å².